The number of anilines is 2. The summed E-state index contributed by atoms with van der Waals surface area (Å²) >= 11 is 0. The van der Waals surface area contributed by atoms with E-state index >= 15 is 0 Å². The zero-order valence-electron chi connectivity index (χ0n) is 19.6. The number of carbonyl (C=O) groups is 1. The number of aryl methyl sites for hydroxylation is 1. The average molecular weight is 443 g/mol. The first-order chi connectivity index (χ1) is 15.3. The molecule has 1 saturated heterocycles. The molecule has 3 N–H and O–H groups in total. The van der Waals surface area contributed by atoms with E-state index < -0.39 is 5.54 Å². The maximum absolute atomic E-state index is 13.5. The van der Waals surface area contributed by atoms with Crippen molar-refractivity contribution in [2.24, 2.45) is 5.92 Å². The van der Waals surface area contributed by atoms with E-state index in [1.807, 2.05) is 39.8 Å². The summed E-state index contributed by atoms with van der Waals surface area (Å²) in [5, 5.41) is 14.2. The van der Waals surface area contributed by atoms with Crippen LogP contribution in [-0.4, -0.2) is 75.9 Å². The maximum Gasteiger partial charge on any atom is 0.318 e. The molecule has 2 aromatic rings. The van der Waals surface area contributed by atoms with Crippen LogP contribution >= 0.6 is 0 Å². The monoisotopic (exact) mass is 442 g/mol. The number of fused-ring (bicyclic) bond motifs is 1. The largest absolute Gasteiger partial charge is 0.381 e. The molecule has 0 aromatic carbocycles. The van der Waals surface area contributed by atoms with Gasteiger partial charge in [0.15, 0.2) is 5.82 Å². The van der Waals surface area contributed by atoms with Crippen molar-refractivity contribution in [3.8, 4) is 0 Å². The molecule has 0 saturated carbocycles. The zero-order valence-corrected chi connectivity index (χ0v) is 19.6. The van der Waals surface area contributed by atoms with E-state index in [4.69, 9.17) is 4.74 Å². The molecule has 2 aliphatic rings. The standard InChI is InChI=1S/C22H34N8O2/c1-14-23-9-6-18(24-14)26-20-16-12-30(22(2,3)19(16)27-28-20)21(31)25-17(13-29(4)5)15-7-10-32-11-8-15/h6,9,15,17H,7-8,10-13H2,1-5H3,(H,25,31)(H2,23,24,26,27,28)/t17-/m1/s1. The number of hydrogen-bond acceptors (Lipinski definition) is 7. The van der Waals surface area contributed by atoms with Gasteiger partial charge < -0.3 is 25.2 Å². The quantitative estimate of drug-likeness (QED) is 0.630. The third-order valence-corrected chi connectivity index (χ3v) is 6.44. The highest BCUT2D eigenvalue weighted by Crippen LogP contribution is 2.41. The SMILES string of the molecule is Cc1nccc(Nc2n[nH]c3c2CN(C(=O)N[C@H](CN(C)C)C2CCOCC2)C3(C)C)n1. The Morgan fingerprint density at radius 1 is 1.38 bits per heavy atom. The molecule has 0 aliphatic carbocycles. The van der Waals surface area contributed by atoms with Crippen LogP contribution in [0, 0.1) is 12.8 Å². The lowest BCUT2D eigenvalue weighted by atomic mass is 9.91. The molecule has 4 rings (SSSR count). The normalized spacial score (nSPS) is 19.1. The van der Waals surface area contributed by atoms with E-state index in [1.165, 1.54) is 0 Å². The molecule has 10 heteroatoms. The first kappa shape index (κ1) is 22.5. The number of rotatable bonds is 6. The van der Waals surface area contributed by atoms with Crippen LogP contribution in [0.3, 0.4) is 0 Å². The highest BCUT2D eigenvalue weighted by molar-refractivity contribution is 5.77. The Morgan fingerprint density at radius 3 is 2.81 bits per heavy atom. The van der Waals surface area contributed by atoms with E-state index in [0.29, 0.717) is 29.9 Å². The average Bonchev–Trinajstić information content (AvgIpc) is 3.26. The van der Waals surface area contributed by atoms with Crippen LogP contribution < -0.4 is 10.6 Å². The lowest BCUT2D eigenvalue weighted by molar-refractivity contribution is 0.0489. The predicted octanol–water partition coefficient (Wildman–Crippen LogP) is 2.37. The Labute approximate surface area is 189 Å². The summed E-state index contributed by atoms with van der Waals surface area (Å²) < 4.78 is 5.53. The summed E-state index contributed by atoms with van der Waals surface area (Å²) in [7, 11) is 4.09. The molecule has 174 valence electrons. The molecule has 1 atom stereocenters. The minimum Gasteiger partial charge on any atom is -0.381 e. The second-order valence-electron chi connectivity index (χ2n) is 9.45. The van der Waals surface area contributed by atoms with Gasteiger partial charge in [0, 0.05) is 37.6 Å². The molecular weight excluding hydrogens is 408 g/mol. The molecule has 2 aliphatic heterocycles. The van der Waals surface area contributed by atoms with Crippen molar-refractivity contribution < 1.29 is 9.53 Å². The Bertz CT molecular complexity index is 951. The van der Waals surface area contributed by atoms with E-state index in [9.17, 15) is 4.79 Å². The number of aromatic nitrogens is 4. The summed E-state index contributed by atoms with van der Waals surface area (Å²) in [6.45, 7) is 8.73. The number of nitrogens with zero attached hydrogens (tertiary/aromatic N) is 5. The molecule has 0 spiro atoms. The van der Waals surface area contributed by atoms with Crippen LogP contribution in [0.1, 0.15) is 43.8 Å². The molecule has 0 bridgehead atoms. The summed E-state index contributed by atoms with van der Waals surface area (Å²) in [5.41, 5.74) is 1.42. The summed E-state index contributed by atoms with van der Waals surface area (Å²) in [6, 6.07) is 1.83. The fourth-order valence-electron chi connectivity index (χ4n) is 4.65. The number of urea groups is 1. The molecule has 2 amide bonds. The van der Waals surface area contributed by atoms with Gasteiger partial charge in [-0.2, -0.15) is 5.10 Å². The topological polar surface area (TPSA) is 111 Å². The zero-order chi connectivity index (χ0) is 22.9. The summed E-state index contributed by atoms with van der Waals surface area (Å²) in [5.74, 6) is 2.47. The van der Waals surface area contributed by atoms with Gasteiger partial charge in [0.2, 0.25) is 0 Å². The van der Waals surface area contributed by atoms with Crippen molar-refractivity contribution in [1.82, 2.24) is 35.3 Å². The van der Waals surface area contributed by atoms with Gasteiger partial charge in [0.25, 0.3) is 0 Å². The van der Waals surface area contributed by atoms with Gasteiger partial charge in [-0.05, 0) is 59.7 Å². The van der Waals surface area contributed by atoms with Crippen molar-refractivity contribution >= 4 is 17.7 Å². The van der Waals surface area contributed by atoms with Crippen LogP contribution in [0.25, 0.3) is 0 Å². The number of amides is 2. The molecule has 1 fully saturated rings. The Balaban J connectivity index is 1.50. The first-order valence-electron chi connectivity index (χ1n) is 11.2. The van der Waals surface area contributed by atoms with E-state index in [0.717, 1.165) is 43.9 Å². The lowest BCUT2D eigenvalue weighted by Gasteiger charge is -2.37. The van der Waals surface area contributed by atoms with Gasteiger partial charge in [-0.15, -0.1) is 0 Å². The minimum atomic E-state index is -0.508. The van der Waals surface area contributed by atoms with Crippen molar-refractivity contribution in [2.75, 3.05) is 39.2 Å². The highest BCUT2D eigenvalue weighted by Gasteiger charge is 2.44. The molecule has 4 heterocycles. The molecule has 2 aromatic heterocycles. The van der Waals surface area contributed by atoms with E-state index in [1.54, 1.807) is 12.3 Å². The molecule has 10 nitrogen and oxygen atoms in total. The molecule has 0 radical (unpaired) electrons. The third-order valence-electron chi connectivity index (χ3n) is 6.44. The van der Waals surface area contributed by atoms with Crippen molar-refractivity contribution in [3.05, 3.63) is 29.3 Å². The van der Waals surface area contributed by atoms with E-state index in [2.05, 4.69) is 35.7 Å². The number of aromatic amines is 1. The Kier molecular flexibility index (Phi) is 6.34. The van der Waals surface area contributed by atoms with Gasteiger partial charge in [-0.25, -0.2) is 14.8 Å². The second kappa shape index (κ2) is 9.03. The Morgan fingerprint density at radius 2 is 2.12 bits per heavy atom. The number of carbonyl (C=O) groups excluding carboxylic acids is 1. The van der Waals surface area contributed by atoms with Gasteiger partial charge in [0.05, 0.1) is 17.8 Å². The second-order valence-corrected chi connectivity index (χ2v) is 9.45. The molecular formula is C22H34N8O2. The minimum absolute atomic E-state index is 0.0539. The van der Waals surface area contributed by atoms with Crippen LogP contribution in [0.15, 0.2) is 12.3 Å². The highest BCUT2D eigenvalue weighted by atomic mass is 16.5. The van der Waals surface area contributed by atoms with Gasteiger partial charge >= 0.3 is 6.03 Å². The Hall–Kier alpha value is -2.72. The first-order valence-corrected chi connectivity index (χ1v) is 11.2. The smallest absolute Gasteiger partial charge is 0.318 e. The summed E-state index contributed by atoms with van der Waals surface area (Å²) in [4.78, 5) is 26.0. The van der Waals surface area contributed by atoms with Crippen LogP contribution in [0.5, 0.6) is 0 Å². The number of ether oxygens (including phenoxy) is 1. The van der Waals surface area contributed by atoms with Gasteiger partial charge in [-0.3, -0.25) is 5.10 Å². The van der Waals surface area contributed by atoms with Crippen LogP contribution in [-0.2, 0) is 16.8 Å². The van der Waals surface area contributed by atoms with E-state index in [-0.39, 0.29) is 12.1 Å². The van der Waals surface area contributed by atoms with Crippen molar-refractivity contribution in [3.63, 3.8) is 0 Å². The number of hydrogen-bond donors (Lipinski definition) is 3. The summed E-state index contributed by atoms with van der Waals surface area (Å²) in [6.07, 6.45) is 3.65. The van der Waals surface area contributed by atoms with Gasteiger partial charge in [0.1, 0.15) is 11.6 Å². The fraction of sp³-hybridized carbons (Fsp3) is 0.636. The lowest BCUT2D eigenvalue weighted by Crippen LogP contribution is -2.54. The van der Waals surface area contributed by atoms with Crippen LogP contribution in [0.4, 0.5) is 16.4 Å². The van der Waals surface area contributed by atoms with Crippen molar-refractivity contribution in [1.29, 1.82) is 0 Å². The van der Waals surface area contributed by atoms with Crippen LogP contribution in [0.2, 0.25) is 0 Å². The van der Waals surface area contributed by atoms with Crippen molar-refractivity contribution in [2.45, 2.75) is 51.7 Å². The predicted molar refractivity (Wildman–Crippen MR) is 122 cm³/mol. The van der Waals surface area contributed by atoms with Gasteiger partial charge in [-0.1, -0.05) is 0 Å². The third kappa shape index (κ3) is 4.56. The molecule has 0 unspecified atom stereocenters. The fourth-order valence-corrected chi connectivity index (χ4v) is 4.65. The molecule has 32 heavy (non-hydrogen) atoms. The number of nitrogens with one attached hydrogen (secondary N) is 3. The number of likely N-dealkylation sites (N-methyl/N-ethyl adjacent to an activating group) is 1. The number of H-pyrrole nitrogens is 1. The maximum atomic E-state index is 13.5.